The lowest BCUT2D eigenvalue weighted by atomic mass is 10.2. The summed E-state index contributed by atoms with van der Waals surface area (Å²) in [5.74, 6) is 1.97. The predicted molar refractivity (Wildman–Crippen MR) is 107 cm³/mol. The van der Waals surface area contributed by atoms with Crippen molar-refractivity contribution in [2.75, 3.05) is 17.2 Å². The lowest BCUT2D eigenvalue weighted by Gasteiger charge is -2.13. The number of para-hydroxylation sites is 2. The molecule has 1 heterocycles. The Balaban J connectivity index is 1.85. The molecule has 0 atom stereocenters. The first kappa shape index (κ1) is 18.0. The number of halogens is 1. The summed E-state index contributed by atoms with van der Waals surface area (Å²) >= 11 is 6.19. The van der Waals surface area contributed by atoms with Crippen molar-refractivity contribution in [3.63, 3.8) is 0 Å². The molecule has 2 aromatic carbocycles. The summed E-state index contributed by atoms with van der Waals surface area (Å²) < 4.78 is 5.65. The monoisotopic (exact) mass is 368 g/mol. The van der Waals surface area contributed by atoms with Gasteiger partial charge in [-0.25, -0.2) is 4.98 Å². The number of ether oxygens (including phenoxy) is 1. The average Bonchev–Trinajstić information content (AvgIpc) is 2.60. The molecule has 0 aliphatic heterocycles. The van der Waals surface area contributed by atoms with Crippen molar-refractivity contribution >= 4 is 34.7 Å². The van der Waals surface area contributed by atoms with Crippen molar-refractivity contribution in [2.45, 2.75) is 20.8 Å². The number of nitrogens with zero attached hydrogens (tertiary/aromatic N) is 2. The minimum absolute atomic E-state index is 0.501. The zero-order valence-corrected chi connectivity index (χ0v) is 15.8. The minimum Gasteiger partial charge on any atom is -0.492 e. The summed E-state index contributed by atoms with van der Waals surface area (Å²) in [5.41, 5.74) is 3.57. The summed E-state index contributed by atoms with van der Waals surface area (Å²) in [6.07, 6.45) is 0. The molecule has 0 spiro atoms. The second kappa shape index (κ2) is 8.06. The van der Waals surface area contributed by atoms with E-state index in [1.807, 2.05) is 69.3 Å². The van der Waals surface area contributed by atoms with Gasteiger partial charge in [-0.1, -0.05) is 29.8 Å². The van der Waals surface area contributed by atoms with E-state index in [1.165, 1.54) is 0 Å². The second-order valence-electron chi connectivity index (χ2n) is 5.86. The first-order chi connectivity index (χ1) is 12.5. The molecular weight excluding hydrogens is 348 g/mol. The molecule has 1 aromatic heterocycles. The van der Waals surface area contributed by atoms with E-state index in [9.17, 15) is 0 Å². The molecule has 26 heavy (non-hydrogen) atoms. The van der Waals surface area contributed by atoms with Crippen LogP contribution in [-0.4, -0.2) is 16.6 Å². The first-order valence-electron chi connectivity index (χ1n) is 8.43. The van der Waals surface area contributed by atoms with Crippen LogP contribution in [-0.2, 0) is 0 Å². The maximum atomic E-state index is 6.19. The van der Waals surface area contributed by atoms with Gasteiger partial charge >= 0.3 is 0 Å². The molecule has 134 valence electrons. The Morgan fingerprint density at radius 1 is 1.00 bits per heavy atom. The number of benzene rings is 2. The molecular formula is C20H21ClN4O. The van der Waals surface area contributed by atoms with Gasteiger partial charge in [0.1, 0.15) is 11.6 Å². The van der Waals surface area contributed by atoms with E-state index >= 15 is 0 Å². The van der Waals surface area contributed by atoms with Crippen LogP contribution in [0.2, 0.25) is 5.02 Å². The molecule has 0 unspecified atom stereocenters. The standard InChI is InChI=1S/C20H21ClN4O/c1-4-26-18-8-6-5-7-17(18)24-19-11-14(3)22-20(25-19)23-15-10-9-13(2)16(21)12-15/h5-12H,4H2,1-3H3,(H2,22,23,24,25). The highest BCUT2D eigenvalue weighted by molar-refractivity contribution is 6.31. The topological polar surface area (TPSA) is 59.1 Å². The van der Waals surface area contributed by atoms with Crippen LogP contribution < -0.4 is 15.4 Å². The molecule has 0 saturated heterocycles. The Morgan fingerprint density at radius 2 is 1.81 bits per heavy atom. The molecule has 0 bridgehead atoms. The summed E-state index contributed by atoms with van der Waals surface area (Å²) in [7, 11) is 0. The SMILES string of the molecule is CCOc1ccccc1Nc1cc(C)nc(Nc2ccc(C)c(Cl)c2)n1. The molecule has 0 radical (unpaired) electrons. The molecule has 6 heteroatoms. The molecule has 2 N–H and O–H groups in total. The van der Waals surface area contributed by atoms with Gasteiger partial charge in [-0.2, -0.15) is 4.98 Å². The van der Waals surface area contributed by atoms with Gasteiger partial charge in [-0.3, -0.25) is 0 Å². The Labute approximate surface area is 158 Å². The number of aryl methyl sites for hydroxylation is 2. The van der Waals surface area contributed by atoms with Crippen molar-refractivity contribution in [3.8, 4) is 5.75 Å². The maximum absolute atomic E-state index is 6.19. The van der Waals surface area contributed by atoms with Crippen LogP contribution in [0.5, 0.6) is 5.75 Å². The molecule has 3 rings (SSSR count). The van der Waals surface area contributed by atoms with Crippen LogP contribution in [0.1, 0.15) is 18.2 Å². The van der Waals surface area contributed by atoms with Crippen LogP contribution in [0.3, 0.4) is 0 Å². The van der Waals surface area contributed by atoms with E-state index in [1.54, 1.807) is 0 Å². The largest absolute Gasteiger partial charge is 0.492 e. The van der Waals surface area contributed by atoms with Crippen molar-refractivity contribution in [3.05, 3.63) is 64.8 Å². The number of hydrogen-bond donors (Lipinski definition) is 2. The van der Waals surface area contributed by atoms with Crippen LogP contribution in [0.25, 0.3) is 0 Å². The fourth-order valence-electron chi connectivity index (χ4n) is 2.48. The van der Waals surface area contributed by atoms with Crippen molar-refractivity contribution in [1.29, 1.82) is 0 Å². The highest BCUT2D eigenvalue weighted by Gasteiger charge is 2.07. The summed E-state index contributed by atoms with van der Waals surface area (Å²) in [4.78, 5) is 8.99. The molecule has 0 aliphatic carbocycles. The third-order valence-corrected chi connectivity index (χ3v) is 4.14. The molecule has 0 fully saturated rings. The van der Waals surface area contributed by atoms with E-state index in [4.69, 9.17) is 16.3 Å². The molecule has 0 saturated carbocycles. The van der Waals surface area contributed by atoms with Crippen LogP contribution in [0.4, 0.5) is 23.1 Å². The molecule has 5 nitrogen and oxygen atoms in total. The van der Waals surface area contributed by atoms with Crippen molar-refractivity contribution in [2.24, 2.45) is 0 Å². The van der Waals surface area contributed by atoms with E-state index in [0.29, 0.717) is 23.4 Å². The quantitative estimate of drug-likeness (QED) is 0.590. The lowest BCUT2D eigenvalue weighted by Crippen LogP contribution is -2.03. The highest BCUT2D eigenvalue weighted by atomic mass is 35.5. The van der Waals surface area contributed by atoms with E-state index in [0.717, 1.165) is 28.4 Å². The van der Waals surface area contributed by atoms with Crippen LogP contribution in [0.15, 0.2) is 48.5 Å². The summed E-state index contributed by atoms with van der Waals surface area (Å²) in [6.45, 7) is 6.45. The van der Waals surface area contributed by atoms with Crippen LogP contribution in [0, 0.1) is 13.8 Å². The smallest absolute Gasteiger partial charge is 0.229 e. The van der Waals surface area contributed by atoms with Gasteiger partial charge in [0, 0.05) is 22.5 Å². The minimum atomic E-state index is 0.501. The van der Waals surface area contributed by atoms with E-state index in [-0.39, 0.29) is 0 Å². The normalized spacial score (nSPS) is 10.5. The van der Waals surface area contributed by atoms with Gasteiger partial charge in [0.25, 0.3) is 0 Å². The maximum Gasteiger partial charge on any atom is 0.229 e. The van der Waals surface area contributed by atoms with Crippen molar-refractivity contribution < 1.29 is 4.74 Å². The fraction of sp³-hybridized carbons (Fsp3) is 0.200. The van der Waals surface area contributed by atoms with Gasteiger partial charge in [0.05, 0.1) is 12.3 Å². The number of hydrogen-bond acceptors (Lipinski definition) is 5. The van der Waals surface area contributed by atoms with Crippen molar-refractivity contribution in [1.82, 2.24) is 9.97 Å². The third kappa shape index (κ3) is 4.43. The van der Waals surface area contributed by atoms with Crippen LogP contribution >= 0.6 is 11.6 Å². The van der Waals surface area contributed by atoms with Gasteiger partial charge in [0.15, 0.2) is 0 Å². The number of rotatable bonds is 6. The number of anilines is 4. The molecule has 3 aromatic rings. The zero-order valence-electron chi connectivity index (χ0n) is 15.0. The molecule has 0 aliphatic rings. The number of aromatic nitrogens is 2. The van der Waals surface area contributed by atoms with Gasteiger partial charge < -0.3 is 15.4 Å². The highest BCUT2D eigenvalue weighted by Crippen LogP contribution is 2.28. The summed E-state index contributed by atoms with van der Waals surface area (Å²) in [6, 6.07) is 15.4. The summed E-state index contributed by atoms with van der Waals surface area (Å²) in [5, 5.41) is 7.20. The number of nitrogens with one attached hydrogen (secondary N) is 2. The Kier molecular flexibility index (Phi) is 5.58. The van der Waals surface area contributed by atoms with E-state index in [2.05, 4.69) is 20.6 Å². The fourth-order valence-corrected chi connectivity index (χ4v) is 2.66. The van der Waals surface area contributed by atoms with Gasteiger partial charge in [0.2, 0.25) is 5.95 Å². The Morgan fingerprint density at radius 3 is 2.58 bits per heavy atom. The Bertz CT molecular complexity index is 914. The third-order valence-electron chi connectivity index (χ3n) is 3.73. The van der Waals surface area contributed by atoms with Gasteiger partial charge in [-0.15, -0.1) is 0 Å². The lowest BCUT2D eigenvalue weighted by molar-refractivity contribution is 0.342. The zero-order chi connectivity index (χ0) is 18.5. The first-order valence-corrected chi connectivity index (χ1v) is 8.80. The molecule has 0 amide bonds. The Hall–Kier alpha value is -2.79. The van der Waals surface area contributed by atoms with Gasteiger partial charge in [-0.05, 0) is 50.6 Å². The predicted octanol–water partition coefficient (Wildman–Crippen LogP) is 5.63. The van der Waals surface area contributed by atoms with E-state index < -0.39 is 0 Å². The average molecular weight is 369 g/mol. The second-order valence-corrected chi connectivity index (χ2v) is 6.27.